The van der Waals surface area contributed by atoms with Crippen molar-refractivity contribution in [1.82, 2.24) is 0 Å². The monoisotopic (exact) mass is 349 g/mol. The van der Waals surface area contributed by atoms with E-state index in [2.05, 4.69) is 5.32 Å². The molecule has 0 radical (unpaired) electrons. The van der Waals surface area contributed by atoms with Gasteiger partial charge in [0.2, 0.25) is 0 Å². The van der Waals surface area contributed by atoms with E-state index in [1.807, 2.05) is 0 Å². The van der Waals surface area contributed by atoms with Gasteiger partial charge < -0.3 is 14.8 Å². The van der Waals surface area contributed by atoms with E-state index in [1.54, 1.807) is 30.3 Å². The Kier molecular flexibility index (Phi) is 6.05. The van der Waals surface area contributed by atoms with Crippen molar-refractivity contribution in [2.24, 2.45) is 0 Å². The Labute approximate surface area is 143 Å². The van der Waals surface area contributed by atoms with Crippen LogP contribution in [0.2, 0.25) is 0 Å². The van der Waals surface area contributed by atoms with E-state index in [4.69, 9.17) is 9.47 Å². The number of nitrogens with one attached hydrogen (secondary N) is 1. The lowest BCUT2D eigenvalue weighted by Gasteiger charge is -2.18. The van der Waals surface area contributed by atoms with E-state index in [1.165, 1.54) is 19.9 Å². The number of anilines is 1. The van der Waals surface area contributed by atoms with Gasteiger partial charge in [-0.1, -0.05) is 18.2 Å². The van der Waals surface area contributed by atoms with Crippen molar-refractivity contribution < 1.29 is 27.8 Å². The first-order chi connectivity index (χ1) is 11.9. The van der Waals surface area contributed by atoms with E-state index < -0.39 is 35.7 Å². The molecule has 25 heavy (non-hydrogen) atoms. The van der Waals surface area contributed by atoms with Gasteiger partial charge in [0.25, 0.3) is 5.91 Å². The van der Waals surface area contributed by atoms with Gasteiger partial charge in [-0.2, -0.15) is 0 Å². The first-order valence-corrected chi connectivity index (χ1v) is 7.55. The number of para-hydroxylation sites is 1. The fourth-order valence-corrected chi connectivity index (χ4v) is 1.89. The summed E-state index contributed by atoms with van der Waals surface area (Å²) in [7, 11) is 0. The minimum absolute atomic E-state index is 0.0234. The van der Waals surface area contributed by atoms with Crippen molar-refractivity contribution in [2.45, 2.75) is 26.1 Å². The Morgan fingerprint density at radius 2 is 1.64 bits per heavy atom. The molecule has 2 atom stereocenters. The molecule has 0 fully saturated rings. The van der Waals surface area contributed by atoms with Gasteiger partial charge in [-0.25, -0.2) is 13.6 Å². The van der Waals surface area contributed by atoms with Gasteiger partial charge in [-0.05, 0) is 38.1 Å². The lowest BCUT2D eigenvalue weighted by Crippen LogP contribution is -2.35. The average Bonchev–Trinajstić information content (AvgIpc) is 2.58. The summed E-state index contributed by atoms with van der Waals surface area (Å²) in [5.74, 6) is -3.44. The van der Waals surface area contributed by atoms with E-state index in [0.29, 0.717) is 5.69 Å². The Balaban J connectivity index is 1.88. The van der Waals surface area contributed by atoms with Crippen LogP contribution in [0.5, 0.6) is 5.75 Å². The maximum Gasteiger partial charge on any atom is 0.347 e. The molecular weight excluding hydrogens is 332 g/mol. The van der Waals surface area contributed by atoms with Gasteiger partial charge in [0.1, 0.15) is 5.75 Å². The summed E-state index contributed by atoms with van der Waals surface area (Å²) in [5, 5.41) is 2.60. The van der Waals surface area contributed by atoms with Crippen LogP contribution >= 0.6 is 0 Å². The summed E-state index contributed by atoms with van der Waals surface area (Å²) < 4.78 is 36.2. The number of amides is 1. The van der Waals surface area contributed by atoms with Crippen LogP contribution in [0.25, 0.3) is 0 Å². The number of ether oxygens (including phenoxy) is 2. The molecule has 1 amide bonds. The van der Waals surface area contributed by atoms with Crippen molar-refractivity contribution in [2.75, 3.05) is 5.32 Å². The summed E-state index contributed by atoms with van der Waals surface area (Å²) in [6, 6.07) is 11.6. The van der Waals surface area contributed by atoms with E-state index in [-0.39, 0.29) is 5.75 Å². The molecule has 0 saturated heterocycles. The second kappa shape index (κ2) is 8.23. The van der Waals surface area contributed by atoms with Gasteiger partial charge in [0.05, 0.1) is 0 Å². The number of esters is 1. The summed E-state index contributed by atoms with van der Waals surface area (Å²) in [6.07, 6.45) is -2.15. The first kappa shape index (κ1) is 18.4. The van der Waals surface area contributed by atoms with Crippen molar-refractivity contribution in [3.63, 3.8) is 0 Å². The van der Waals surface area contributed by atoms with Crippen LogP contribution in [-0.2, 0) is 14.3 Å². The van der Waals surface area contributed by atoms with Crippen LogP contribution in [0.1, 0.15) is 13.8 Å². The van der Waals surface area contributed by atoms with Gasteiger partial charge in [-0.15, -0.1) is 0 Å². The average molecular weight is 349 g/mol. The minimum Gasteiger partial charge on any atom is -0.479 e. The third kappa shape index (κ3) is 5.27. The topological polar surface area (TPSA) is 64.6 Å². The van der Waals surface area contributed by atoms with E-state index in [9.17, 15) is 18.4 Å². The molecule has 0 aliphatic heterocycles. The normalized spacial score (nSPS) is 12.8. The molecule has 2 aromatic rings. The zero-order valence-corrected chi connectivity index (χ0v) is 13.7. The second-order valence-corrected chi connectivity index (χ2v) is 5.27. The van der Waals surface area contributed by atoms with E-state index in [0.717, 1.165) is 12.1 Å². The highest BCUT2D eigenvalue weighted by molar-refractivity contribution is 5.95. The number of hydrogen-bond acceptors (Lipinski definition) is 4. The molecule has 132 valence electrons. The molecule has 0 aliphatic carbocycles. The smallest absolute Gasteiger partial charge is 0.347 e. The van der Waals surface area contributed by atoms with Crippen LogP contribution in [0.15, 0.2) is 48.5 Å². The van der Waals surface area contributed by atoms with Crippen LogP contribution in [-0.4, -0.2) is 24.1 Å². The largest absolute Gasteiger partial charge is 0.479 e. The molecule has 1 N–H and O–H groups in total. The van der Waals surface area contributed by atoms with Crippen LogP contribution in [0.4, 0.5) is 14.5 Å². The molecule has 2 unspecified atom stereocenters. The Hall–Kier alpha value is -2.96. The molecule has 7 heteroatoms. The minimum atomic E-state index is -1.10. The molecule has 0 heterocycles. The molecule has 5 nitrogen and oxygen atoms in total. The number of hydrogen-bond donors (Lipinski definition) is 1. The highest BCUT2D eigenvalue weighted by Gasteiger charge is 2.23. The number of benzene rings is 2. The molecule has 2 aromatic carbocycles. The molecule has 0 aliphatic rings. The molecular formula is C18H17F2NO4. The summed E-state index contributed by atoms with van der Waals surface area (Å²) in [5.41, 5.74) is 0.571. The lowest BCUT2D eigenvalue weighted by atomic mass is 10.3. The number of carbonyl (C=O) groups is 2. The quantitative estimate of drug-likeness (QED) is 0.813. The Bertz CT molecular complexity index is 752. The molecule has 2 rings (SSSR count). The van der Waals surface area contributed by atoms with Gasteiger partial charge in [0.15, 0.2) is 23.8 Å². The van der Waals surface area contributed by atoms with Crippen molar-refractivity contribution in [3.8, 4) is 5.75 Å². The Morgan fingerprint density at radius 1 is 0.960 bits per heavy atom. The van der Waals surface area contributed by atoms with Crippen LogP contribution < -0.4 is 10.1 Å². The predicted molar refractivity (Wildman–Crippen MR) is 87.1 cm³/mol. The maximum atomic E-state index is 13.1. The molecule has 0 aromatic heterocycles. The molecule has 0 spiro atoms. The second-order valence-electron chi connectivity index (χ2n) is 5.27. The summed E-state index contributed by atoms with van der Waals surface area (Å²) >= 11 is 0. The highest BCUT2D eigenvalue weighted by atomic mass is 19.2. The highest BCUT2D eigenvalue weighted by Crippen LogP contribution is 2.17. The first-order valence-electron chi connectivity index (χ1n) is 7.55. The third-order valence-electron chi connectivity index (χ3n) is 3.24. The van der Waals surface area contributed by atoms with E-state index >= 15 is 0 Å². The zero-order chi connectivity index (χ0) is 18.4. The van der Waals surface area contributed by atoms with Gasteiger partial charge >= 0.3 is 5.97 Å². The Morgan fingerprint density at radius 3 is 2.28 bits per heavy atom. The lowest BCUT2D eigenvalue weighted by molar-refractivity contribution is -0.159. The number of rotatable bonds is 6. The van der Waals surface area contributed by atoms with Gasteiger partial charge in [0, 0.05) is 11.8 Å². The maximum absolute atomic E-state index is 13.1. The van der Waals surface area contributed by atoms with Crippen molar-refractivity contribution >= 4 is 17.6 Å². The predicted octanol–water partition coefficient (Wildman–Crippen LogP) is 3.30. The van der Waals surface area contributed by atoms with Crippen LogP contribution in [0.3, 0.4) is 0 Å². The number of halogens is 2. The molecule has 0 saturated carbocycles. The molecule has 0 bridgehead atoms. The standard InChI is InChI=1S/C18H17F2NO4/c1-11(17(22)21-13-6-4-3-5-7-13)25-18(23)12(2)24-14-8-9-15(19)16(20)10-14/h3-12H,1-2H3,(H,21,22). The summed E-state index contributed by atoms with van der Waals surface area (Å²) in [6.45, 7) is 2.80. The fourth-order valence-electron chi connectivity index (χ4n) is 1.89. The zero-order valence-electron chi connectivity index (χ0n) is 13.7. The third-order valence-corrected chi connectivity index (χ3v) is 3.24. The van der Waals surface area contributed by atoms with Crippen LogP contribution in [0, 0.1) is 11.6 Å². The number of carbonyl (C=O) groups excluding carboxylic acids is 2. The fraction of sp³-hybridized carbons (Fsp3) is 0.222. The van der Waals surface area contributed by atoms with Crippen molar-refractivity contribution in [1.29, 1.82) is 0 Å². The SMILES string of the molecule is CC(OC(=O)C(C)Oc1ccc(F)c(F)c1)C(=O)Nc1ccccc1. The van der Waals surface area contributed by atoms with Gasteiger partial charge in [-0.3, -0.25) is 4.79 Å². The summed E-state index contributed by atoms with van der Waals surface area (Å²) in [4.78, 5) is 24.0. The van der Waals surface area contributed by atoms with Crippen molar-refractivity contribution in [3.05, 3.63) is 60.2 Å².